The molecule has 2 rings (SSSR count). The standard InChI is InChI=1S/C14H21N3S2/c1-11(18-3)6-7-15-13(12-5-4-10-19-12)14-16-8-9-17(14)2/h4-5,8-11,13,15H,6-7H2,1-3H3. The van der Waals surface area contributed by atoms with Crippen LogP contribution < -0.4 is 5.32 Å². The molecule has 3 nitrogen and oxygen atoms in total. The normalized spacial score (nSPS) is 14.5. The topological polar surface area (TPSA) is 29.9 Å². The maximum Gasteiger partial charge on any atom is 0.131 e. The average molecular weight is 295 g/mol. The van der Waals surface area contributed by atoms with Crippen LogP contribution in [0.5, 0.6) is 0 Å². The van der Waals surface area contributed by atoms with Crippen molar-refractivity contribution < 1.29 is 0 Å². The molecule has 0 saturated heterocycles. The predicted molar refractivity (Wildman–Crippen MR) is 85.0 cm³/mol. The Kier molecular flexibility index (Phi) is 5.48. The van der Waals surface area contributed by atoms with Crippen molar-refractivity contribution in [2.45, 2.75) is 24.6 Å². The zero-order valence-corrected chi connectivity index (χ0v) is 13.3. The molecule has 1 N–H and O–H groups in total. The summed E-state index contributed by atoms with van der Waals surface area (Å²) in [5, 5.41) is 6.46. The lowest BCUT2D eigenvalue weighted by Gasteiger charge is -2.18. The first kappa shape index (κ1) is 14.6. The maximum atomic E-state index is 4.49. The number of rotatable bonds is 7. The van der Waals surface area contributed by atoms with Crippen LogP contribution in [0, 0.1) is 0 Å². The lowest BCUT2D eigenvalue weighted by molar-refractivity contribution is 0.551. The SMILES string of the molecule is CSC(C)CCNC(c1cccs1)c1nccn1C. The summed E-state index contributed by atoms with van der Waals surface area (Å²) in [6, 6.07) is 4.48. The van der Waals surface area contributed by atoms with Gasteiger partial charge in [-0.1, -0.05) is 13.0 Å². The fourth-order valence-electron chi connectivity index (χ4n) is 1.98. The molecule has 2 heterocycles. The molecule has 0 aromatic carbocycles. The van der Waals surface area contributed by atoms with Crippen molar-refractivity contribution in [1.82, 2.24) is 14.9 Å². The average Bonchev–Trinajstić information content (AvgIpc) is 3.06. The molecule has 0 fully saturated rings. The predicted octanol–water partition coefficient (Wildman–Crippen LogP) is 3.30. The van der Waals surface area contributed by atoms with Gasteiger partial charge in [-0.05, 0) is 30.7 Å². The third kappa shape index (κ3) is 3.84. The fraction of sp³-hybridized carbons (Fsp3) is 0.500. The largest absolute Gasteiger partial charge is 0.336 e. The molecule has 0 bridgehead atoms. The van der Waals surface area contributed by atoms with Gasteiger partial charge in [-0.25, -0.2) is 4.98 Å². The molecule has 0 spiro atoms. The van der Waals surface area contributed by atoms with E-state index in [9.17, 15) is 0 Å². The third-order valence-corrected chi connectivity index (χ3v) is 5.22. The molecule has 2 atom stereocenters. The summed E-state index contributed by atoms with van der Waals surface area (Å²) < 4.78 is 2.09. The third-order valence-electron chi connectivity index (χ3n) is 3.25. The van der Waals surface area contributed by atoms with Gasteiger partial charge in [0.15, 0.2) is 0 Å². The monoisotopic (exact) mass is 295 g/mol. The quantitative estimate of drug-likeness (QED) is 0.850. The number of hydrogen-bond acceptors (Lipinski definition) is 4. The molecular weight excluding hydrogens is 274 g/mol. The fourth-order valence-corrected chi connectivity index (χ4v) is 3.13. The van der Waals surface area contributed by atoms with Crippen molar-refractivity contribution in [3.05, 3.63) is 40.6 Å². The van der Waals surface area contributed by atoms with Crippen LogP contribution >= 0.6 is 23.1 Å². The number of nitrogens with one attached hydrogen (secondary N) is 1. The van der Waals surface area contributed by atoms with E-state index in [1.54, 1.807) is 11.3 Å². The highest BCUT2D eigenvalue weighted by Crippen LogP contribution is 2.24. The molecule has 0 amide bonds. The van der Waals surface area contributed by atoms with Crippen molar-refractivity contribution in [3.8, 4) is 0 Å². The Labute approximate surface area is 123 Å². The van der Waals surface area contributed by atoms with Crippen LogP contribution in [-0.4, -0.2) is 27.6 Å². The van der Waals surface area contributed by atoms with E-state index in [1.165, 1.54) is 11.3 Å². The number of thiophene rings is 1. The molecule has 2 aromatic heterocycles. The van der Waals surface area contributed by atoms with Crippen molar-refractivity contribution in [1.29, 1.82) is 0 Å². The van der Waals surface area contributed by atoms with Gasteiger partial charge in [0.2, 0.25) is 0 Å². The van der Waals surface area contributed by atoms with E-state index < -0.39 is 0 Å². The lowest BCUT2D eigenvalue weighted by atomic mass is 10.2. The number of nitrogens with zero attached hydrogens (tertiary/aromatic N) is 2. The van der Waals surface area contributed by atoms with Gasteiger partial charge >= 0.3 is 0 Å². The van der Waals surface area contributed by atoms with Gasteiger partial charge in [-0.2, -0.15) is 11.8 Å². The molecule has 0 radical (unpaired) electrons. The molecule has 0 aliphatic rings. The minimum Gasteiger partial charge on any atom is -0.336 e. The summed E-state index contributed by atoms with van der Waals surface area (Å²) in [5.74, 6) is 1.08. The first-order valence-corrected chi connectivity index (χ1v) is 8.66. The van der Waals surface area contributed by atoms with Crippen LogP contribution in [0.2, 0.25) is 0 Å². The summed E-state index contributed by atoms with van der Waals surface area (Å²) in [6.07, 6.45) is 7.21. The second-order valence-electron chi connectivity index (χ2n) is 4.63. The van der Waals surface area contributed by atoms with E-state index in [2.05, 4.69) is 52.6 Å². The molecule has 19 heavy (non-hydrogen) atoms. The van der Waals surface area contributed by atoms with Crippen molar-refractivity contribution in [2.24, 2.45) is 7.05 Å². The Morgan fingerprint density at radius 2 is 2.37 bits per heavy atom. The second-order valence-corrected chi connectivity index (χ2v) is 6.89. The lowest BCUT2D eigenvalue weighted by Crippen LogP contribution is -2.26. The maximum absolute atomic E-state index is 4.49. The van der Waals surface area contributed by atoms with Crippen molar-refractivity contribution in [2.75, 3.05) is 12.8 Å². The molecule has 2 aromatic rings. The van der Waals surface area contributed by atoms with Crippen LogP contribution in [-0.2, 0) is 7.05 Å². The Morgan fingerprint density at radius 3 is 2.95 bits per heavy atom. The number of imidazole rings is 1. The molecular formula is C14H21N3S2. The van der Waals surface area contributed by atoms with Gasteiger partial charge in [0, 0.05) is 29.6 Å². The number of aryl methyl sites for hydroxylation is 1. The highest BCUT2D eigenvalue weighted by Gasteiger charge is 2.18. The van der Waals surface area contributed by atoms with E-state index in [4.69, 9.17) is 0 Å². The summed E-state index contributed by atoms with van der Waals surface area (Å²) in [5.41, 5.74) is 0. The molecule has 0 aliphatic heterocycles. The van der Waals surface area contributed by atoms with Crippen LogP contribution in [0.15, 0.2) is 29.9 Å². The number of aromatic nitrogens is 2. The molecule has 2 unspecified atom stereocenters. The Hall–Kier alpha value is -0.780. The van der Waals surface area contributed by atoms with Gasteiger partial charge in [0.25, 0.3) is 0 Å². The summed E-state index contributed by atoms with van der Waals surface area (Å²) >= 11 is 3.70. The van der Waals surface area contributed by atoms with E-state index in [0.717, 1.165) is 12.4 Å². The van der Waals surface area contributed by atoms with Crippen molar-refractivity contribution in [3.63, 3.8) is 0 Å². The first-order chi connectivity index (χ1) is 9.22. The van der Waals surface area contributed by atoms with Crippen LogP contribution in [0.4, 0.5) is 0 Å². The molecule has 5 heteroatoms. The highest BCUT2D eigenvalue weighted by molar-refractivity contribution is 7.99. The second kappa shape index (κ2) is 7.12. The van der Waals surface area contributed by atoms with Crippen LogP contribution in [0.3, 0.4) is 0 Å². The van der Waals surface area contributed by atoms with Gasteiger partial charge in [-0.15, -0.1) is 11.3 Å². The van der Waals surface area contributed by atoms with Gasteiger partial charge in [0.1, 0.15) is 11.9 Å². The van der Waals surface area contributed by atoms with Gasteiger partial charge in [-0.3, -0.25) is 0 Å². The number of hydrogen-bond donors (Lipinski definition) is 1. The Morgan fingerprint density at radius 1 is 1.53 bits per heavy atom. The van der Waals surface area contributed by atoms with E-state index in [0.29, 0.717) is 5.25 Å². The number of thioether (sulfide) groups is 1. The molecule has 104 valence electrons. The molecule has 0 saturated carbocycles. The minimum absolute atomic E-state index is 0.203. The summed E-state index contributed by atoms with van der Waals surface area (Å²) in [4.78, 5) is 5.82. The van der Waals surface area contributed by atoms with Gasteiger partial charge < -0.3 is 9.88 Å². The van der Waals surface area contributed by atoms with Gasteiger partial charge in [0.05, 0.1) is 0 Å². The Balaban J connectivity index is 2.06. The van der Waals surface area contributed by atoms with E-state index in [1.807, 2.05) is 24.2 Å². The Bertz CT molecular complexity index is 479. The van der Waals surface area contributed by atoms with Crippen LogP contribution in [0.25, 0.3) is 0 Å². The zero-order chi connectivity index (χ0) is 13.7. The van der Waals surface area contributed by atoms with Crippen LogP contribution in [0.1, 0.15) is 30.1 Å². The minimum atomic E-state index is 0.203. The van der Waals surface area contributed by atoms with E-state index in [-0.39, 0.29) is 6.04 Å². The highest BCUT2D eigenvalue weighted by atomic mass is 32.2. The summed E-state index contributed by atoms with van der Waals surface area (Å²) in [6.45, 7) is 3.28. The smallest absolute Gasteiger partial charge is 0.131 e. The van der Waals surface area contributed by atoms with E-state index >= 15 is 0 Å². The molecule has 0 aliphatic carbocycles. The van der Waals surface area contributed by atoms with Crippen molar-refractivity contribution >= 4 is 23.1 Å². The zero-order valence-electron chi connectivity index (χ0n) is 11.7. The first-order valence-electron chi connectivity index (χ1n) is 6.49. The summed E-state index contributed by atoms with van der Waals surface area (Å²) in [7, 11) is 2.05.